The van der Waals surface area contributed by atoms with Gasteiger partial charge in [-0.1, -0.05) is 54.6 Å². The van der Waals surface area contributed by atoms with Crippen molar-refractivity contribution in [2.45, 2.75) is 71.2 Å². The van der Waals surface area contributed by atoms with Crippen molar-refractivity contribution in [2.24, 2.45) is 0 Å². The van der Waals surface area contributed by atoms with Gasteiger partial charge in [-0.05, 0) is 82.0 Å². The van der Waals surface area contributed by atoms with Crippen molar-refractivity contribution < 1.29 is 28.3 Å². The first-order valence-electron chi connectivity index (χ1n) is 15.4. The van der Waals surface area contributed by atoms with Crippen LogP contribution in [-0.2, 0) is 24.4 Å². The standard InChI is InChI=1S/C36H47N2O6P/c1-8-42-35(39)26-34(44-45(25-23-37)38(27(2)3)28(4)5)22-24-43-36(29-12-10-9-11-13-29,30-14-18-32(40-6)19-15-30)31-16-20-33(41-7)21-17-31/h9-21,27-28,34H,8,22,24-26H2,1-7H3. The highest BCUT2D eigenvalue weighted by Gasteiger charge is 2.38. The summed E-state index contributed by atoms with van der Waals surface area (Å²) in [6, 6.07) is 28.5. The van der Waals surface area contributed by atoms with Crippen molar-refractivity contribution >= 4 is 14.3 Å². The highest BCUT2D eigenvalue weighted by atomic mass is 31.2. The van der Waals surface area contributed by atoms with E-state index in [2.05, 4.69) is 50.6 Å². The molecule has 0 fully saturated rings. The minimum atomic E-state index is -1.29. The van der Waals surface area contributed by atoms with E-state index in [1.807, 2.05) is 66.7 Å². The predicted molar refractivity (Wildman–Crippen MR) is 179 cm³/mol. The van der Waals surface area contributed by atoms with Crippen LogP contribution in [0.15, 0.2) is 78.9 Å². The van der Waals surface area contributed by atoms with E-state index in [-0.39, 0.29) is 43.8 Å². The fourth-order valence-electron chi connectivity index (χ4n) is 5.53. The summed E-state index contributed by atoms with van der Waals surface area (Å²) in [5, 5.41) is 9.69. The maximum absolute atomic E-state index is 12.7. The smallest absolute Gasteiger partial charge is 0.308 e. The van der Waals surface area contributed by atoms with E-state index in [0.29, 0.717) is 6.42 Å². The Morgan fingerprint density at radius 3 is 1.80 bits per heavy atom. The molecule has 0 aromatic heterocycles. The van der Waals surface area contributed by atoms with Crippen molar-refractivity contribution in [1.29, 1.82) is 5.26 Å². The predicted octanol–water partition coefficient (Wildman–Crippen LogP) is 7.70. The summed E-state index contributed by atoms with van der Waals surface area (Å²) < 4.78 is 32.1. The molecule has 0 bridgehead atoms. The van der Waals surface area contributed by atoms with Crippen LogP contribution in [0.3, 0.4) is 0 Å². The van der Waals surface area contributed by atoms with Gasteiger partial charge in [0.25, 0.3) is 0 Å². The fraction of sp³-hybridized carbons (Fsp3) is 0.444. The van der Waals surface area contributed by atoms with Crippen LogP contribution in [0.5, 0.6) is 11.5 Å². The summed E-state index contributed by atoms with van der Waals surface area (Å²) in [6.07, 6.45) is 0.198. The van der Waals surface area contributed by atoms with Gasteiger partial charge in [0.05, 0.1) is 52.2 Å². The van der Waals surface area contributed by atoms with E-state index in [1.54, 1.807) is 21.1 Å². The molecule has 45 heavy (non-hydrogen) atoms. The second-order valence-electron chi connectivity index (χ2n) is 11.1. The van der Waals surface area contributed by atoms with Crippen LogP contribution in [0.25, 0.3) is 0 Å². The van der Waals surface area contributed by atoms with Gasteiger partial charge in [-0.15, -0.1) is 0 Å². The van der Waals surface area contributed by atoms with Crippen molar-refractivity contribution in [3.8, 4) is 17.6 Å². The number of benzene rings is 3. The van der Waals surface area contributed by atoms with Crippen LogP contribution < -0.4 is 9.47 Å². The molecule has 3 aromatic rings. The zero-order chi connectivity index (χ0) is 32.8. The third-order valence-corrected chi connectivity index (χ3v) is 9.82. The molecule has 3 aromatic carbocycles. The van der Waals surface area contributed by atoms with Crippen LogP contribution in [0, 0.1) is 11.3 Å². The van der Waals surface area contributed by atoms with Gasteiger partial charge < -0.3 is 23.5 Å². The zero-order valence-electron chi connectivity index (χ0n) is 27.6. The topological polar surface area (TPSA) is 90.3 Å². The van der Waals surface area contributed by atoms with Gasteiger partial charge in [0.1, 0.15) is 25.4 Å². The van der Waals surface area contributed by atoms with Crippen LogP contribution in [0.2, 0.25) is 0 Å². The molecule has 2 unspecified atom stereocenters. The molecule has 0 saturated heterocycles. The van der Waals surface area contributed by atoms with E-state index >= 15 is 0 Å². The largest absolute Gasteiger partial charge is 0.497 e. The zero-order valence-corrected chi connectivity index (χ0v) is 28.5. The first kappa shape index (κ1) is 36.0. The van der Waals surface area contributed by atoms with Crippen molar-refractivity contribution in [3.05, 3.63) is 95.6 Å². The second kappa shape index (κ2) is 17.9. The lowest BCUT2D eigenvalue weighted by Gasteiger charge is -2.38. The lowest BCUT2D eigenvalue weighted by molar-refractivity contribution is -0.145. The summed E-state index contributed by atoms with van der Waals surface area (Å²) in [5.41, 5.74) is 1.79. The van der Waals surface area contributed by atoms with Gasteiger partial charge in [-0.25, -0.2) is 0 Å². The third kappa shape index (κ3) is 9.51. The molecule has 0 radical (unpaired) electrons. The fourth-order valence-corrected chi connectivity index (χ4v) is 7.56. The van der Waals surface area contributed by atoms with E-state index < -0.39 is 20.0 Å². The number of methoxy groups -OCH3 is 2. The lowest BCUT2D eigenvalue weighted by Crippen LogP contribution is -2.36. The van der Waals surface area contributed by atoms with Crippen LogP contribution in [0.4, 0.5) is 0 Å². The molecule has 0 aliphatic rings. The van der Waals surface area contributed by atoms with E-state index in [4.69, 9.17) is 23.5 Å². The summed E-state index contributed by atoms with van der Waals surface area (Å²) in [6.45, 7) is 10.7. The number of nitrogens with zero attached hydrogens (tertiary/aromatic N) is 2. The minimum Gasteiger partial charge on any atom is -0.497 e. The molecule has 0 N–H and O–H groups in total. The summed E-state index contributed by atoms with van der Waals surface area (Å²) in [4.78, 5) is 12.7. The number of ether oxygens (including phenoxy) is 4. The molecule has 0 amide bonds. The second-order valence-corrected chi connectivity index (χ2v) is 12.8. The molecule has 0 aliphatic heterocycles. The molecular formula is C36H47N2O6P. The number of carbonyl (C=O) groups excluding carboxylic acids is 1. The van der Waals surface area contributed by atoms with E-state index in [0.717, 1.165) is 28.2 Å². The first-order valence-corrected chi connectivity index (χ1v) is 16.8. The Kier molecular flexibility index (Phi) is 14.3. The summed E-state index contributed by atoms with van der Waals surface area (Å²) >= 11 is 0. The first-order chi connectivity index (χ1) is 21.7. The van der Waals surface area contributed by atoms with Crippen LogP contribution in [-0.4, -0.2) is 62.4 Å². The Morgan fingerprint density at radius 2 is 1.36 bits per heavy atom. The number of hydrogen-bond acceptors (Lipinski definition) is 8. The van der Waals surface area contributed by atoms with Crippen LogP contribution in [0.1, 0.15) is 64.2 Å². The number of esters is 1. The summed E-state index contributed by atoms with van der Waals surface area (Å²) in [5.74, 6) is 1.14. The molecule has 0 aliphatic carbocycles. The Bertz CT molecular complexity index is 1290. The number of hydrogen-bond donors (Lipinski definition) is 0. The van der Waals surface area contributed by atoms with Crippen molar-refractivity contribution in [2.75, 3.05) is 33.6 Å². The van der Waals surface area contributed by atoms with E-state index in [1.165, 1.54) is 0 Å². The molecule has 242 valence electrons. The Balaban J connectivity index is 2.04. The maximum Gasteiger partial charge on any atom is 0.308 e. The highest BCUT2D eigenvalue weighted by molar-refractivity contribution is 7.50. The summed E-state index contributed by atoms with van der Waals surface area (Å²) in [7, 11) is 2.00. The number of nitriles is 1. The van der Waals surface area contributed by atoms with Crippen molar-refractivity contribution in [3.63, 3.8) is 0 Å². The minimum absolute atomic E-state index is 0.0644. The van der Waals surface area contributed by atoms with Gasteiger partial charge in [-0.2, -0.15) is 5.26 Å². The molecule has 8 nitrogen and oxygen atoms in total. The molecule has 9 heteroatoms. The molecule has 0 heterocycles. The normalized spacial score (nSPS) is 13.0. The highest BCUT2D eigenvalue weighted by Crippen LogP contribution is 2.47. The van der Waals surface area contributed by atoms with Gasteiger partial charge in [0.15, 0.2) is 0 Å². The van der Waals surface area contributed by atoms with Crippen LogP contribution >= 0.6 is 8.30 Å². The van der Waals surface area contributed by atoms with Gasteiger partial charge in [0, 0.05) is 12.1 Å². The maximum atomic E-state index is 12.7. The Labute approximate surface area is 270 Å². The molecule has 2 atom stereocenters. The monoisotopic (exact) mass is 634 g/mol. The van der Waals surface area contributed by atoms with Gasteiger partial charge in [-0.3, -0.25) is 9.46 Å². The average Bonchev–Trinajstić information content (AvgIpc) is 3.03. The Morgan fingerprint density at radius 1 is 0.844 bits per heavy atom. The third-order valence-electron chi connectivity index (χ3n) is 7.42. The lowest BCUT2D eigenvalue weighted by atomic mass is 9.80. The molecule has 3 rings (SSSR count). The number of rotatable bonds is 18. The molecule has 0 saturated carbocycles. The SMILES string of the molecule is CCOC(=O)CC(CCOC(c1ccccc1)(c1ccc(OC)cc1)c1ccc(OC)cc1)OP(CC#N)N(C(C)C)C(C)C. The van der Waals surface area contributed by atoms with E-state index in [9.17, 15) is 10.1 Å². The average molecular weight is 635 g/mol. The molecule has 0 spiro atoms. The quantitative estimate of drug-likeness (QED) is 0.0799. The molecular weight excluding hydrogens is 587 g/mol. The van der Waals surface area contributed by atoms with Gasteiger partial charge in [0.2, 0.25) is 0 Å². The number of carbonyl (C=O) groups is 1. The Hall–Kier alpha value is -3.47. The van der Waals surface area contributed by atoms with Gasteiger partial charge >= 0.3 is 5.97 Å². The van der Waals surface area contributed by atoms with Crippen molar-refractivity contribution in [1.82, 2.24) is 4.67 Å².